The fourth-order valence-electron chi connectivity index (χ4n) is 3.72. The quantitative estimate of drug-likeness (QED) is 0.0648. The Bertz CT molecular complexity index is 355. The van der Waals surface area contributed by atoms with Crippen LogP contribution >= 0.6 is 0 Å². The van der Waals surface area contributed by atoms with Crippen molar-refractivity contribution in [3.63, 3.8) is 0 Å². The van der Waals surface area contributed by atoms with Gasteiger partial charge < -0.3 is 18.9 Å². The van der Waals surface area contributed by atoms with E-state index < -0.39 is 0 Å². The molecule has 0 aromatic rings. The Kier molecular flexibility index (Phi) is 28.9. The summed E-state index contributed by atoms with van der Waals surface area (Å²) in [5.41, 5.74) is 0. The third-order valence-electron chi connectivity index (χ3n) is 5.90. The second kappa shape index (κ2) is 29.5. The van der Waals surface area contributed by atoms with Crippen molar-refractivity contribution in [3.8, 4) is 0 Å². The molecule has 0 spiro atoms. The summed E-state index contributed by atoms with van der Waals surface area (Å²) in [5, 5.41) is 0. The van der Waals surface area contributed by atoms with Crippen LogP contribution < -0.4 is 0 Å². The SMILES string of the molecule is CCCCCCCCOC(CCCCC=COCOCCCCC)OCCCCCCCC. The van der Waals surface area contributed by atoms with Crippen molar-refractivity contribution in [1.29, 1.82) is 0 Å². The number of allylic oxidation sites excluding steroid dienone is 1. The Morgan fingerprint density at radius 1 is 0.545 bits per heavy atom. The fourth-order valence-corrected chi connectivity index (χ4v) is 3.72. The molecule has 0 amide bonds. The lowest BCUT2D eigenvalue weighted by Crippen LogP contribution is -2.19. The summed E-state index contributed by atoms with van der Waals surface area (Å²) in [4.78, 5) is 0. The molecule has 0 bridgehead atoms. The van der Waals surface area contributed by atoms with Gasteiger partial charge in [-0.15, -0.1) is 0 Å². The van der Waals surface area contributed by atoms with E-state index in [4.69, 9.17) is 18.9 Å². The van der Waals surface area contributed by atoms with Gasteiger partial charge in [0.1, 0.15) is 0 Å². The molecular formula is C29H58O4. The molecule has 0 aliphatic heterocycles. The van der Waals surface area contributed by atoms with E-state index in [0.29, 0.717) is 6.79 Å². The van der Waals surface area contributed by atoms with Crippen molar-refractivity contribution >= 4 is 0 Å². The van der Waals surface area contributed by atoms with Gasteiger partial charge in [0.25, 0.3) is 0 Å². The van der Waals surface area contributed by atoms with Crippen molar-refractivity contribution < 1.29 is 18.9 Å². The molecule has 0 aromatic heterocycles. The summed E-state index contributed by atoms with van der Waals surface area (Å²) >= 11 is 0. The van der Waals surface area contributed by atoms with Gasteiger partial charge in [-0.2, -0.15) is 0 Å². The number of unbranched alkanes of at least 4 members (excludes halogenated alkanes) is 14. The van der Waals surface area contributed by atoms with E-state index in [-0.39, 0.29) is 6.29 Å². The Morgan fingerprint density at radius 2 is 1.06 bits per heavy atom. The van der Waals surface area contributed by atoms with Crippen LogP contribution in [0.1, 0.15) is 143 Å². The van der Waals surface area contributed by atoms with E-state index in [1.165, 1.54) is 77.0 Å². The highest BCUT2D eigenvalue weighted by atomic mass is 16.7. The Labute approximate surface area is 207 Å². The molecule has 0 radical (unpaired) electrons. The molecule has 0 unspecified atom stereocenters. The number of hydrogen-bond acceptors (Lipinski definition) is 4. The number of hydrogen-bond donors (Lipinski definition) is 0. The van der Waals surface area contributed by atoms with Crippen LogP contribution in [-0.2, 0) is 18.9 Å². The standard InChI is InChI=1S/C29H58O4/c1-4-7-10-12-15-21-26-32-29(33-27-22-16-13-11-8-5-2)23-18-14-17-20-25-31-28-30-24-19-9-6-3/h20,25,29H,4-19,21-24,26-28H2,1-3H3. The van der Waals surface area contributed by atoms with Crippen molar-refractivity contribution in [1.82, 2.24) is 0 Å². The first kappa shape index (κ1) is 32.4. The molecule has 0 fully saturated rings. The fraction of sp³-hybridized carbons (Fsp3) is 0.931. The maximum absolute atomic E-state index is 6.11. The Hall–Kier alpha value is -0.580. The minimum atomic E-state index is -0.0342. The van der Waals surface area contributed by atoms with E-state index in [0.717, 1.165) is 64.8 Å². The van der Waals surface area contributed by atoms with Crippen molar-refractivity contribution in [3.05, 3.63) is 12.3 Å². The summed E-state index contributed by atoms with van der Waals surface area (Å²) in [7, 11) is 0. The second-order valence-corrected chi connectivity index (χ2v) is 9.26. The normalized spacial score (nSPS) is 11.8. The van der Waals surface area contributed by atoms with Crippen LogP contribution in [0.3, 0.4) is 0 Å². The molecular weight excluding hydrogens is 412 g/mol. The summed E-state index contributed by atoms with van der Waals surface area (Å²) in [6, 6.07) is 0. The van der Waals surface area contributed by atoms with E-state index in [1.807, 2.05) is 0 Å². The van der Waals surface area contributed by atoms with Crippen LogP contribution in [0, 0.1) is 0 Å². The molecule has 0 heterocycles. The lowest BCUT2D eigenvalue weighted by Gasteiger charge is -2.19. The molecule has 0 atom stereocenters. The highest BCUT2D eigenvalue weighted by Crippen LogP contribution is 2.13. The highest BCUT2D eigenvalue weighted by Gasteiger charge is 2.09. The van der Waals surface area contributed by atoms with Crippen LogP contribution in [0.15, 0.2) is 12.3 Å². The van der Waals surface area contributed by atoms with E-state index in [2.05, 4.69) is 26.8 Å². The topological polar surface area (TPSA) is 36.9 Å². The maximum atomic E-state index is 6.11. The predicted octanol–water partition coefficient (Wildman–Crippen LogP) is 9.32. The van der Waals surface area contributed by atoms with Crippen LogP contribution in [0.25, 0.3) is 0 Å². The van der Waals surface area contributed by atoms with Gasteiger partial charge in [-0.05, 0) is 51.0 Å². The van der Waals surface area contributed by atoms with Crippen molar-refractivity contribution in [2.45, 2.75) is 149 Å². The Balaban J connectivity index is 3.85. The number of rotatable bonds is 28. The lowest BCUT2D eigenvalue weighted by atomic mass is 10.1. The zero-order chi connectivity index (χ0) is 24.1. The maximum Gasteiger partial charge on any atom is 0.188 e. The van der Waals surface area contributed by atoms with Crippen LogP contribution in [0.4, 0.5) is 0 Å². The first-order valence-corrected chi connectivity index (χ1v) is 14.4. The largest absolute Gasteiger partial charge is 0.475 e. The molecule has 4 nitrogen and oxygen atoms in total. The highest BCUT2D eigenvalue weighted by molar-refractivity contribution is 4.72. The van der Waals surface area contributed by atoms with Gasteiger partial charge in [-0.1, -0.05) is 97.8 Å². The monoisotopic (exact) mass is 470 g/mol. The molecule has 0 saturated heterocycles. The van der Waals surface area contributed by atoms with E-state index >= 15 is 0 Å². The van der Waals surface area contributed by atoms with Crippen LogP contribution in [0.2, 0.25) is 0 Å². The molecule has 0 rings (SSSR count). The van der Waals surface area contributed by atoms with Crippen LogP contribution in [0.5, 0.6) is 0 Å². The van der Waals surface area contributed by atoms with E-state index in [9.17, 15) is 0 Å². The molecule has 0 saturated carbocycles. The van der Waals surface area contributed by atoms with Gasteiger partial charge in [0.15, 0.2) is 13.1 Å². The molecule has 33 heavy (non-hydrogen) atoms. The summed E-state index contributed by atoms with van der Waals surface area (Å²) in [6.07, 6.45) is 27.2. The van der Waals surface area contributed by atoms with Gasteiger partial charge in [-0.3, -0.25) is 0 Å². The van der Waals surface area contributed by atoms with Crippen molar-refractivity contribution in [2.75, 3.05) is 26.6 Å². The lowest BCUT2D eigenvalue weighted by molar-refractivity contribution is -0.148. The first-order valence-electron chi connectivity index (χ1n) is 14.4. The zero-order valence-electron chi connectivity index (χ0n) is 22.6. The Morgan fingerprint density at radius 3 is 1.67 bits per heavy atom. The van der Waals surface area contributed by atoms with Gasteiger partial charge >= 0.3 is 0 Å². The van der Waals surface area contributed by atoms with Crippen molar-refractivity contribution in [2.24, 2.45) is 0 Å². The predicted molar refractivity (Wildman–Crippen MR) is 141 cm³/mol. The third-order valence-corrected chi connectivity index (χ3v) is 5.90. The molecule has 4 heteroatoms. The molecule has 0 aliphatic carbocycles. The van der Waals surface area contributed by atoms with E-state index in [1.54, 1.807) is 6.26 Å². The molecule has 0 N–H and O–H groups in total. The van der Waals surface area contributed by atoms with Crippen LogP contribution in [-0.4, -0.2) is 32.9 Å². The number of ether oxygens (including phenoxy) is 4. The molecule has 198 valence electrons. The smallest absolute Gasteiger partial charge is 0.188 e. The van der Waals surface area contributed by atoms with Gasteiger partial charge in [-0.25, -0.2) is 0 Å². The first-order chi connectivity index (χ1) is 16.3. The minimum Gasteiger partial charge on any atom is -0.475 e. The van der Waals surface area contributed by atoms with Gasteiger partial charge in [0.2, 0.25) is 0 Å². The third kappa shape index (κ3) is 27.5. The average Bonchev–Trinajstić information content (AvgIpc) is 2.83. The summed E-state index contributed by atoms with van der Waals surface area (Å²) in [5.74, 6) is 0. The molecule has 0 aromatic carbocycles. The second-order valence-electron chi connectivity index (χ2n) is 9.26. The van der Waals surface area contributed by atoms with Gasteiger partial charge in [0.05, 0.1) is 12.9 Å². The summed E-state index contributed by atoms with van der Waals surface area (Å²) in [6.45, 7) is 9.55. The minimum absolute atomic E-state index is 0.0342. The zero-order valence-corrected chi connectivity index (χ0v) is 22.6. The average molecular weight is 471 g/mol. The summed E-state index contributed by atoms with van der Waals surface area (Å²) < 4.78 is 23.1. The van der Waals surface area contributed by atoms with Gasteiger partial charge in [0, 0.05) is 13.2 Å². The molecule has 0 aliphatic rings.